The van der Waals surface area contributed by atoms with Gasteiger partial charge in [-0.1, -0.05) is 30.7 Å². The summed E-state index contributed by atoms with van der Waals surface area (Å²) in [7, 11) is 0. The Hall–Kier alpha value is -0.800. The van der Waals surface area contributed by atoms with Crippen LogP contribution in [0.1, 0.15) is 32.8 Å². The maximum Gasteiger partial charge on any atom is 0.106 e. The van der Waals surface area contributed by atoms with Crippen molar-refractivity contribution in [2.45, 2.75) is 32.7 Å². The normalized spacial score (nSPS) is 11.2. The molecule has 0 fully saturated rings. The predicted molar refractivity (Wildman–Crippen MR) is 75.3 cm³/mol. The van der Waals surface area contributed by atoms with Gasteiger partial charge in [-0.05, 0) is 38.5 Å². The smallest absolute Gasteiger partial charge is 0.106 e. The van der Waals surface area contributed by atoms with Gasteiger partial charge in [0.2, 0.25) is 0 Å². The summed E-state index contributed by atoms with van der Waals surface area (Å²) in [6.07, 6.45) is 0.996. The van der Waals surface area contributed by atoms with Crippen LogP contribution in [-0.2, 0) is 0 Å². The molecule has 16 heavy (non-hydrogen) atoms. The average molecular weight is 257 g/mol. The largest absolute Gasteiger partial charge is 0.389 e. The highest BCUT2D eigenvalue weighted by atomic mass is 35.5. The molecular weight excluding hydrogens is 240 g/mol. The number of halogens is 1. The standard InChI is InChI=1S/C12H17ClN2S/c1-4-12(2,3)15-10-7-8(13)5-6-9(10)11(14)16/h5-7,15H,4H2,1-3H3,(H2,14,16). The molecule has 88 valence electrons. The van der Waals surface area contributed by atoms with Crippen molar-refractivity contribution in [3.8, 4) is 0 Å². The van der Waals surface area contributed by atoms with E-state index < -0.39 is 0 Å². The Morgan fingerprint density at radius 1 is 1.50 bits per heavy atom. The number of nitrogens with one attached hydrogen (secondary N) is 1. The summed E-state index contributed by atoms with van der Waals surface area (Å²) < 4.78 is 0. The molecule has 1 aromatic rings. The van der Waals surface area contributed by atoms with E-state index in [9.17, 15) is 0 Å². The molecule has 0 saturated carbocycles. The van der Waals surface area contributed by atoms with Crippen molar-refractivity contribution in [3.05, 3.63) is 28.8 Å². The molecule has 0 spiro atoms. The van der Waals surface area contributed by atoms with Gasteiger partial charge in [-0.15, -0.1) is 0 Å². The highest BCUT2D eigenvalue weighted by Crippen LogP contribution is 2.25. The van der Waals surface area contributed by atoms with Gasteiger partial charge in [0, 0.05) is 21.8 Å². The number of nitrogens with two attached hydrogens (primary N) is 1. The summed E-state index contributed by atoms with van der Waals surface area (Å²) in [5, 5.41) is 4.08. The van der Waals surface area contributed by atoms with Crippen molar-refractivity contribution in [1.82, 2.24) is 0 Å². The van der Waals surface area contributed by atoms with Gasteiger partial charge in [-0.25, -0.2) is 0 Å². The molecular formula is C12H17ClN2S. The van der Waals surface area contributed by atoms with Gasteiger partial charge in [0.15, 0.2) is 0 Å². The van der Waals surface area contributed by atoms with Crippen LogP contribution in [-0.4, -0.2) is 10.5 Å². The van der Waals surface area contributed by atoms with E-state index in [-0.39, 0.29) is 5.54 Å². The van der Waals surface area contributed by atoms with Crippen molar-refractivity contribution >= 4 is 34.5 Å². The molecule has 0 bridgehead atoms. The second-order valence-corrected chi connectivity index (χ2v) is 5.29. The lowest BCUT2D eigenvalue weighted by atomic mass is 10.0. The third-order valence-corrected chi connectivity index (χ3v) is 3.06. The molecule has 3 N–H and O–H groups in total. The van der Waals surface area contributed by atoms with Crippen LogP contribution in [0.3, 0.4) is 0 Å². The molecule has 0 unspecified atom stereocenters. The first-order chi connectivity index (χ1) is 7.35. The SMILES string of the molecule is CCC(C)(C)Nc1cc(Cl)ccc1C(N)=S. The van der Waals surface area contributed by atoms with Gasteiger partial charge in [0.25, 0.3) is 0 Å². The summed E-state index contributed by atoms with van der Waals surface area (Å²) >= 11 is 11.0. The molecule has 0 atom stereocenters. The van der Waals surface area contributed by atoms with Gasteiger partial charge in [0.05, 0.1) is 0 Å². The minimum atomic E-state index is -0.00971. The Morgan fingerprint density at radius 2 is 2.12 bits per heavy atom. The van der Waals surface area contributed by atoms with Gasteiger partial charge in [-0.2, -0.15) is 0 Å². The number of thiocarbonyl (C=S) groups is 1. The molecule has 4 heteroatoms. The average Bonchev–Trinajstić information content (AvgIpc) is 2.16. The van der Waals surface area contributed by atoms with Gasteiger partial charge < -0.3 is 11.1 Å². The number of rotatable bonds is 4. The highest BCUT2D eigenvalue weighted by Gasteiger charge is 2.17. The topological polar surface area (TPSA) is 38.0 Å². The fraction of sp³-hybridized carbons (Fsp3) is 0.417. The minimum Gasteiger partial charge on any atom is -0.389 e. The van der Waals surface area contributed by atoms with Gasteiger partial charge in [-0.3, -0.25) is 0 Å². The molecule has 0 aliphatic carbocycles. The molecule has 0 saturated heterocycles. The molecule has 2 nitrogen and oxygen atoms in total. The minimum absolute atomic E-state index is 0.00971. The van der Waals surface area contributed by atoms with Crippen molar-refractivity contribution in [2.24, 2.45) is 5.73 Å². The van der Waals surface area contributed by atoms with Crippen LogP contribution < -0.4 is 11.1 Å². The maximum absolute atomic E-state index is 5.97. The Labute approximate surface area is 107 Å². The molecule has 0 heterocycles. The van der Waals surface area contributed by atoms with E-state index in [4.69, 9.17) is 29.6 Å². The monoisotopic (exact) mass is 256 g/mol. The second-order valence-electron chi connectivity index (χ2n) is 4.42. The fourth-order valence-corrected chi connectivity index (χ4v) is 1.64. The molecule has 0 radical (unpaired) electrons. The van der Waals surface area contributed by atoms with E-state index in [2.05, 4.69) is 26.1 Å². The Kier molecular flexibility index (Phi) is 4.16. The van der Waals surface area contributed by atoms with Crippen LogP contribution in [0.4, 0.5) is 5.69 Å². The molecule has 0 aliphatic rings. The van der Waals surface area contributed by atoms with E-state index in [0.717, 1.165) is 17.7 Å². The zero-order valence-electron chi connectivity index (χ0n) is 9.80. The zero-order chi connectivity index (χ0) is 12.3. The molecule has 1 rings (SSSR count). The lowest BCUT2D eigenvalue weighted by molar-refractivity contribution is 0.547. The summed E-state index contributed by atoms with van der Waals surface area (Å²) in [4.78, 5) is 0.381. The Morgan fingerprint density at radius 3 is 2.62 bits per heavy atom. The summed E-state index contributed by atoms with van der Waals surface area (Å²) in [5.41, 5.74) is 7.39. The van der Waals surface area contributed by atoms with Crippen LogP contribution >= 0.6 is 23.8 Å². The Bertz CT molecular complexity index is 402. The van der Waals surface area contributed by atoms with Crippen molar-refractivity contribution < 1.29 is 0 Å². The van der Waals surface area contributed by atoms with Gasteiger partial charge >= 0.3 is 0 Å². The summed E-state index contributed by atoms with van der Waals surface area (Å²) in [6.45, 7) is 6.37. The highest BCUT2D eigenvalue weighted by molar-refractivity contribution is 7.80. The first-order valence-electron chi connectivity index (χ1n) is 5.23. The number of hydrogen-bond acceptors (Lipinski definition) is 2. The van der Waals surface area contributed by atoms with Gasteiger partial charge in [0.1, 0.15) is 4.99 Å². The lowest BCUT2D eigenvalue weighted by Gasteiger charge is -2.27. The van der Waals surface area contributed by atoms with Crippen LogP contribution in [0, 0.1) is 0 Å². The third-order valence-electron chi connectivity index (χ3n) is 2.60. The van der Waals surface area contributed by atoms with E-state index >= 15 is 0 Å². The maximum atomic E-state index is 5.97. The van der Waals surface area contributed by atoms with E-state index in [1.165, 1.54) is 0 Å². The van der Waals surface area contributed by atoms with Crippen LogP contribution in [0.25, 0.3) is 0 Å². The van der Waals surface area contributed by atoms with Crippen molar-refractivity contribution in [2.75, 3.05) is 5.32 Å². The predicted octanol–water partition coefficient (Wildman–Crippen LogP) is 3.57. The van der Waals surface area contributed by atoms with E-state index in [1.807, 2.05) is 12.1 Å². The fourth-order valence-electron chi connectivity index (χ4n) is 1.29. The summed E-state index contributed by atoms with van der Waals surface area (Å²) in [6, 6.07) is 5.49. The zero-order valence-corrected chi connectivity index (χ0v) is 11.4. The molecule has 1 aromatic carbocycles. The quantitative estimate of drug-likeness (QED) is 0.809. The second kappa shape index (κ2) is 5.02. The number of benzene rings is 1. The van der Waals surface area contributed by atoms with Crippen LogP contribution in [0.2, 0.25) is 5.02 Å². The molecule has 0 aliphatic heterocycles. The first-order valence-corrected chi connectivity index (χ1v) is 6.02. The van der Waals surface area contributed by atoms with E-state index in [1.54, 1.807) is 6.07 Å². The summed E-state index contributed by atoms with van der Waals surface area (Å²) in [5.74, 6) is 0. The van der Waals surface area contributed by atoms with Crippen LogP contribution in [0.15, 0.2) is 18.2 Å². The number of hydrogen-bond donors (Lipinski definition) is 2. The number of anilines is 1. The lowest BCUT2D eigenvalue weighted by Crippen LogP contribution is -2.31. The van der Waals surface area contributed by atoms with Crippen LogP contribution in [0.5, 0.6) is 0 Å². The van der Waals surface area contributed by atoms with E-state index in [0.29, 0.717) is 10.0 Å². The first kappa shape index (κ1) is 13.3. The molecule has 0 aromatic heterocycles. The van der Waals surface area contributed by atoms with Crippen molar-refractivity contribution in [1.29, 1.82) is 0 Å². The molecule has 0 amide bonds. The Balaban J connectivity index is 3.10. The van der Waals surface area contributed by atoms with Crippen molar-refractivity contribution in [3.63, 3.8) is 0 Å². The third kappa shape index (κ3) is 3.35.